The average molecular weight is 343 g/mol. The summed E-state index contributed by atoms with van der Waals surface area (Å²) in [5.74, 6) is 0.0281. The standard InChI is InChI=1S/C20H25NO4/c1-24-19(22)13-7-15-3-9-17(10-4-15)21-18-11-5-16(6-12-18)8-14-20(23)25-2/h3-5,9-12,16,21H,6-8,13-14H2,1-2H3. The van der Waals surface area contributed by atoms with E-state index in [0.29, 0.717) is 25.2 Å². The summed E-state index contributed by atoms with van der Waals surface area (Å²) >= 11 is 0. The molecule has 1 unspecified atom stereocenters. The maximum Gasteiger partial charge on any atom is 0.305 e. The van der Waals surface area contributed by atoms with Gasteiger partial charge in [0.25, 0.3) is 0 Å². The minimum absolute atomic E-state index is 0.159. The minimum atomic E-state index is -0.193. The highest BCUT2D eigenvalue weighted by Crippen LogP contribution is 2.22. The molecule has 1 aliphatic rings. The van der Waals surface area contributed by atoms with Gasteiger partial charge >= 0.3 is 11.9 Å². The Morgan fingerprint density at radius 3 is 2.36 bits per heavy atom. The van der Waals surface area contributed by atoms with Crippen LogP contribution in [0.5, 0.6) is 0 Å². The highest BCUT2D eigenvalue weighted by Gasteiger charge is 2.11. The van der Waals surface area contributed by atoms with Crippen molar-refractivity contribution in [3.63, 3.8) is 0 Å². The number of nitrogens with one attached hydrogen (secondary N) is 1. The van der Waals surface area contributed by atoms with Crippen molar-refractivity contribution in [3.8, 4) is 0 Å². The van der Waals surface area contributed by atoms with Crippen molar-refractivity contribution in [1.82, 2.24) is 0 Å². The van der Waals surface area contributed by atoms with Crippen molar-refractivity contribution in [3.05, 3.63) is 53.8 Å². The Morgan fingerprint density at radius 2 is 1.76 bits per heavy atom. The summed E-state index contributed by atoms with van der Waals surface area (Å²) in [7, 11) is 2.82. The molecule has 0 radical (unpaired) electrons. The van der Waals surface area contributed by atoms with Crippen LogP contribution in [-0.2, 0) is 25.5 Å². The first-order valence-electron chi connectivity index (χ1n) is 8.48. The fraction of sp³-hybridized carbons (Fsp3) is 0.400. The Morgan fingerprint density at radius 1 is 1.08 bits per heavy atom. The molecule has 5 nitrogen and oxygen atoms in total. The van der Waals surface area contributed by atoms with Crippen LogP contribution in [0.1, 0.15) is 31.2 Å². The molecule has 0 aromatic heterocycles. The number of carbonyl (C=O) groups excluding carboxylic acids is 2. The summed E-state index contributed by atoms with van der Waals surface area (Å²) in [6.07, 6.45) is 9.57. The zero-order valence-electron chi connectivity index (χ0n) is 14.8. The zero-order valence-corrected chi connectivity index (χ0v) is 14.8. The SMILES string of the molecule is COC(=O)CCc1ccc(NC2=CCC(CCC(=O)OC)C=C2)cc1. The third-order valence-corrected chi connectivity index (χ3v) is 4.22. The first-order valence-corrected chi connectivity index (χ1v) is 8.48. The molecule has 0 aliphatic heterocycles. The van der Waals surface area contributed by atoms with Crippen molar-refractivity contribution < 1.29 is 19.1 Å². The van der Waals surface area contributed by atoms with Gasteiger partial charge in [0.05, 0.1) is 14.2 Å². The van der Waals surface area contributed by atoms with Gasteiger partial charge in [0.1, 0.15) is 0 Å². The van der Waals surface area contributed by atoms with E-state index in [2.05, 4.69) is 33.0 Å². The third kappa shape index (κ3) is 6.45. The first-order chi connectivity index (χ1) is 12.1. The molecular weight excluding hydrogens is 318 g/mol. The molecule has 0 bridgehead atoms. The molecule has 2 rings (SSSR count). The Labute approximate surface area is 148 Å². The molecule has 1 aliphatic carbocycles. The average Bonchev–Trinajstić information content (AvgIpc) is 2.66. The van der Waals surface area contributed by atoms with Crippen LogP contribution in [0.3, 0.4) is 0 Å². The Bertz CT molecular complexity index is 646. The highest BCUT2D eigenvalue weighted by molar-refractivity contribution is 5.69. The molecule has 134 valence electrons. The zero-order chi connectivity index (χ0) is 18.1. The minimum Gasteiger partial charge on any atom is -0.469 e. The summed E-state index contributed by atoms with van der Waals surface area (Å²) in [4.78, 5) is 22.4. The van der Waals surface area contributed by atoms with Gasteiger partial charge < -0.3 is 14.8 Å². The van der Waals surface area contributed by atoms with Gasteiger partial charge in [-0.05, 0) is 49.0 Å². The van der Waals surface area contributed by atoms with E-state index < -0.39 is 0 Å². The molecule has 0 heterocycles. The number of hydrogen-bond donors (Lipinski definition) is 1. The normalized spacial score (nSPS) is 16.1. The predicted octanol–water partition coefficient (Wildman–Crippen LogP) is 3.62. The van der Waals surface area contributed by atoms with Gasteiger partial charge in [-0.2, -0.15) is 0 Å². The number of carbonyl (C=O) groups is 2. The first kappa shape index (κ1) is 18.8. The van der Waals surface area contributed by atoms with Crippen LogP contribution in [0, 0.1) is 5.92 Å². The Balaban J connectivity index is 1.79. The molecule has 0 saturated heterocycles. The number of esters is 2. The van der Waals surface area contributed by atoms with Crippen molar-refractivity contribution in [2.24, 2.45) is 5.92 Å². The molecule has 0 saturated carbocycles. The molecule has 1 N–H and O–H groups in total. The van der Waals surface area contributed by atoms with E-state index >= 15 is 0 Å². The van der Waals surface area contributed by atoms with E-state index in [9.17, 15) is 9.59 Å². The number of anilines is 1. The molecule has 0 spiro atoms. The molecule has 0 fully saturated rings. The van der Waals surface area contributed by atoms with Crippen LogP contribution in [0.4, 0.5) is 5.69 Å². The van der Waals surface area contributed by atoms with Crippen LogP contribution in [0.2, 0.25) is 0 Å². The second kappa shape index (κ2) is 9.67. The van der Waals surface area contributed by atoms with E-state index in [0.717, 1.165) is 29.8 Å². The fourth-order valence-electron chi connectivity index (χ4n) is 2.65. The van der Waals surface area contributed by atoms with Crippen LogP contribution in [0.25, 0.3) is 0 Å². The van der Waals surface area contributed by atoms with Crippen molar-refractivity contribution >= 4 is 17.6 Å². The van der Waals surface area contributed by atoms with Gasteiger partial charge in [-0.15, -0.1) is 0 Å². The van der Waals surface area contributed by atoms with E-state index in [1.807, 2.05) is 24.3 Å². The maximum absolute atomic E-state index is 11.2. The monoisotopic (exact) mass is 343 g/mol. The molecule has 5 heteroatoms. The number of allylic oxidation sites excluding steroid dienone is 3. The lowest BCUT2D eigenvalue weighted by molar-refractivity contribution is -0.141. The summed E-state index contributed by atoms with van der Waals surface area (Å²) in [5.41, 5.74) is 3.16. The van der Waals surface area contributed by atoms with E-state index in [-0.39, 0.29) is 11.9 Å². The number of aryl methyl sites for hydroxylation is 1. The predicted molar refractivity (Wildman–Crippen MR) is 97.0 cm³/mol. The van der Waals surface area contributed by atoms with Crippen molar-refractivity contribution in [2.75, 3.05) is 19.5 Å². The maximum atomic E-state index is 11.2. The van der Waals surface area contributed by atoms with Gasteiger partial charge in [-0.3, -0.25) is 9.59 Å². The molecule has 1 aromatic carbocycles. The van der Waals surface area contributed by atoms with Gasteiger partial charge in [-0.25, -0.2) is 0 Å². The third-order valence-electron chi connectivity index (χ3n) is 4.22. The molecule has 1 atom stereocenters. The van der Waals surface area contributed by atoms with Gasteiger partial charge in [-0.1, -0.05) is 24.3 Å². The largest absolute Gasteiger partial charge is 0.469 e. The summed E-state index contributed by atoms with van der Waals surface area (Å²) in [6.45, 7) is 0. The quantitative estimate of drug-likeness (QED) is 0.731. The second-order valence-corrected chi connectivity index (χ2v) is 6.03. The van der Waals surface area contributed by atoms with E-state index in [1.165, 1.54) is 14.2 Å². The molecular formula is C20H25NO4. The van der Waals surface area contributed by atoms with Gasteiger partial charge in [0.2, 0.25) is 0 Å². The number of methoxy groups -OCH3 is 2. The molecule has 1 aromatic rings. The molecule has 25 heavy (non-hydrogen) atoms. The van der Waals surface area contributed by atoms with Gasteiger partial charge in [0.15, 0.2) is 0 Å². The van der Waals surface area contributed by atoms with Crippen LogP contribution >= 0.6 is 0 Å². The topological polar surface area (TPSA) is 64.6 Å². The second-order valence-electron chi connectivity index (χ2n) is 6.03. The van der Waals surface area contributed by atoms with Crippen LogP contribution in [-0.4, -0.2) is 26.2 Å². The Hall–Kier alpha value is -2.56. The lowest BCUT2D eigenvalue weighted by atomic mass is 9.94. The van der Waals surface area contributed by atoms with Gasteiger partial charge in [0, 0.05) is 24.2 Å². The van der Waals surface area contributed by atoms with Crippen molar-refractivity contribution in [2.45, 2.75) is 32.1 Å². The van der Waals surface area contributed by atoms with Crippen molar-refractivity contribution in [1.29, 1.82) is 0 Å². The summed E-state index contributed by atoms with van der Waals surface area (Å²) in [6, 6.07) is 8.03. The van der Waals surface area contributed by atoms with Crippen LogP contribution < -0.4 is 5.32 Å². The smallest absolute Gasteiger partial charge is 0.305 e. The summed E-state index contributed by atoms with van der Waals surface area (Å²) in [5, 5.41) is 3.37. The number of hydrogen-bond acceptors (Lipinski definition) is 5. The van der Waals surface area contributed by atoms with Crippen LogP contribution in [0.15, 0.2) is 48.2 Å². The Kier molecular flexibility index (Phi) is 7.26. The lowest BCUT2D eigenvalue weighted by Crippen LogP contribution is -2.08. The number of ether oxygens (including phenoxy) is 2. The lowest BCUT2D eigenvalue weighted by Gasteiger charge is -2.17. The molecule has 0 amide bonds. The fourth-order valence-corrected chi connectivity index (χ4v) is 2.65. The number of benzene rings is 1. The van der Waals surface area contributed by atoms with E-state index in [1.54, 1.807) is 0 Å². The number of rotatable bonds is 8. The summed E-state index contributed by atoms with van der Waals surface area (Å²) < 4.78 is 9.32. The highest BCUT2D eigenvalue weighted by atomic mass is 16.5. The van der Waals surface area contributed by atoms with E-state index in [4.69, 9.17) is 0 Å².